The van der Waals surface area contributed by atoms with E-state index in [9.17, 15) is 0 Å². The summed E-state index contributed by atoms with van der Waals surface area (Å²) < 4.78 is 8.73. The van der Waals surface area contributed by atoms with Gasteiger partial charge in [-0.25, -0.2) is 4.57 Å². The van der Waals surface area contributed by atoms with E-state index in [1.165, 1.54) is 44.2 Å². The molecule has 3 aromatic carbocycles. The van der Waals surface area contributed by atoms with Crippen molar-refractivity contribution in [3.8, 4) is 22.4 Å². The molecule has 0 fully saturated rings. The van der Waals surface area contributed by atoms with E-state index in [0.29, 0.717) is 0 Å². The maximum Gasteiger partial charge on any atom is 0.216 e. The lowest BCUT2D eigenvalue weighted by Gasteiger charge is -2.21. The first-order valence-corrected chi connectivity index (χ1v) is 10.5. The Morgan fingerprint density at radius 1 is 0.800 bits per heavy atom. The van der Waals surface area contributed by atoms with Crippen LogP contribution in [0.3, 0.4) is 0 Å². The Labute approximate surface area is 176 Å². The molecule has 0 aliphatic heterocycles. The van der Waals surface area contributed by atoms with Crippen molar-refractivity contribution < 1.29 is 8.98 Å². The Bertz CT molecular complexity index is 1490. The molecule has 0 saturated heterocycles. The molecule has 6 rings (SSSR count). The molecule has 146 valence electrons. The zero-order valence-electron chi connectivity index (χ0n) is 17.8. The predicted octanol–water partition coefficient (Wildman–Crippen LogP) is 6.69. The van der Waals surface area contributed by atoms with Crippen molar-refractivity contribution in [1.82, 2.24) is 0 Å². The number of fused-ring (bicyclic) bond motifs is 7. The highest BCUT2D eigenvalue weighted by molar-refractivity contribution is 6.17. The van der Waals surface area contributed by atoms with Gasteiger partial charge in [0.25, 0.3) is 0 Å². The van der Waals surface area contributed by atoms with E-state index in [0.717, 1.165) is 16.9 Å². The van der Waals surface area contributed by atoms with E-state index in [1.807, 2.05) is 0 Å². The lowest BCUT2D eigenvalue weighted by atomic mass is 9.82. The van der Waals surface area contributed by atoms with E-state index in [1.54, 1.807) is 0 Å². The average Bonchev–Trinajstić information content (AvgIpc) is 3.22. The number of furan rings is 1. The molecule has 2 nitrogen and oxygen atoms in total. The largest absolute Gasteiger partial charge is 0.455 e. The SMILES string of the molecule is Cc1ccc2c(oc3ccc4c(c32)-c2ccccc2C4(C)C)c1-c1cccc[n+]1C. The van der Waals surface area contributed by atoms with E-state index in [2.05, 4.69) is 105 Å². The van der Waals surface area contributed by atoms with Gasteiger partial charge >= 0.3 is 0 Å². The van der Waals surface area contributed by atoms with Gasteiger partial charge in [0, 0.05) is 28.3 Å². The van der Waals surface area contributed by atoms with Gasteiger partial charge in [-0.05, 0) is 46.9 Å². The van der Waals surface area contributed by atoms with Gasteiger partial charge in [-0.2, -0.15) is 0 Å². The number of benzene rings is 3. The normalized spacial score (nSPS) is 14.3. The first-order valence-electron chi connectivity index (χ1n) is 10.5. The number of pyridine rings is 1. The maximum absolute atomic E-state index is 6.57. The molecule has 2 heterocycles. The van der Waals surface area contributed by atoms with E-state index < -0.39 is 0 Å². The van der Waals surface area contributed by atoms with Gasteiger partial charge < -0.3 is 4.42 Å². The van der Waals surface area contributed by atoms with Gasteiger partial charge in [-0.3, -0.25) is 0 Å². The standard InChI is InChI=1S/C28H24NO/c1-17-12-13-19-26-23(30-27(19)24(17)22-11-7-8-16-29(22)4)15-14-21-25(26)18-9-5-6-10-20(18)28(21,2)3/h5-16H,1-4H3/q+1. The third-order valence-electron chi connectivity index (χ3n) is 6.87. The minimum atomic E-state index is -0.0108. The van der Waals surface area contributed by atoms with Crippen LogP contribution >= 0.6 is 0 Å². The molecular weight excluding hydrogens is 366 g/mol. The summed E-state index contributed by atoms with van der Waals surface area (Å²) in [5.74, 6) is 0. The molecule has 2 aromatic heterocycles. The van der Waals surface area contributed by atoms with Crippen LogP contribution in [-0.2, 0) is 12.5 Å². The number of aryl methyl sites for hydroxylation is 2. The highest BCUT2D eigenvalue weighted by Crippen LogP contribution is 2.53. The van der Waals surface area contributed by atoms with Crippen LogP contribution in [0.15, 0.2) is 77.3 Å². The summed E-state index contributed by atoms with van der Waals surface area (Å²) in [6, 6.07) is 24.0. The second-order valence-electron chi connectivity index (χ2n) is 8.96. The molecule has 1 aliphatic carbocycles. The molecule has 30 heavy (non-hydrogen) atoms. The number of hydrogen-bond acceptors (Lipinski definition) is 1. The van der Waals surface area contributed by atoms with Crippen LogP contribution in [-0.4, -0.2) is 0 Å². The van der Waals surface area contributed by atoms with Crippen molar-refractivity contribution in [2.24, 2.45) is 7.05 Å². The smallest absolute Gasteiger partial charge is 0.216 e. The lowest BCUT2D eigenvalue weighted by molar-refractivity contribution is -0.660. The minimum Gasteiger partial charge on any atom is -0.455 e. The van der Waals surface area contributed by atoms with Gasteiger partial charge in [0.2, 0.25) is 5.69 Å². The van der Waals surface area contributed by atoms with Crippen LogP contribution < -0.4 is 4.57 Å². The third-order valence-corrected chi connectivity index (χ3v) is 6.87. The van der Waals surface area contributed by atoms with E-state index in [4.69, 9.17) is 4.42 Å². The molecule has 0 amide bonds. The Balaban J connectivity index is 1.79. The van der Waals surface area contributed by atoms with Gasteiger partial charge in [0.1, 0.15) is 18.2 Å². The van der Waals surface area contributed by atoms with Gasteiger partial charge in [0.15, 0.2) is 6.20 Å². The monoisotopic (exact) mass is 390 g/mol. The maximum atomic E-state index is 6.57. The lowest BCUT2D eigenvalue weighted by Crippen LogP contribution is -2.30. The van der Waals surface area contributed by atoms with Crippen LogP contribution in [0.4, 0.5) is 0 Å². The molecule has 0 N–H and O–H groups in total. The number of rotatable bonds is 1. The van der Waals surface area contributed by atoms with Crippen molar-refractivity contribution in [2.45, 2.75) is 26.2 Å². The van der Waals surface area contributed by atoms with E-state index in [-0.39, 0.29) is 5.41 Å². The third kappa shape index (κ3) is 2.11. The van der Waals surface area contributed by atoms with E-state index >= 15 is 0 Å². The van der Waals surface area contributed by atoms with Crippen LogP contribution in [0.2, 0.25) is 0 Å². The van der Waals surface area contributed by atoms with Crippen molar-refractivity contribution >= 4 is 21.9 Å². The summed E-state index contributed by atoms with van der Waals surface area (Å²) in [5.41, 5.74) is 10.9. The van der Waals surface area contributed by atoms with Gasteiger partial charge in [-0.1, -0.05) is 56.3 Å². The first-order chi connectivity index (χ1) is 14.5. The number of hydrogen-bond donors (Lipinski definition) is 0. The Hall–Kier alpha value is -3.39. The molecule has 0 saturated carbocycles. The van der Waals surface area contributed by atoms with Crippen LogP contribution in [0, 0.1) is 6.92 Å². The molecule has 0 unspecified atom stereocenters. The van der Waals surface area contributed by atoms with Crippen molar-refractivity contribution in [3.05, 3.63) is 89.6 Å². The summed E-state index contributed by atoms with van der Waals surface area (Å²) in [6.07, 6.45) is 2.09. The molecular formula is C28H24NO+. The fourth-order valence-electron chi connectivity index (χ4n) is 5.32. The van der Waals surface area contributed by atoms with Gasteiger partial charge in [0.05, 0.1) is 5.56 Å². The summed E-state index contributed by atoms with van der Waals surface area (Å²) in [4.78, 5) is 0. The number of nitrogens with zero attached hydrogens (tertiary/aromatic N) is 1. The highest BCUT2D eigenvalue weighted by Gasteiger charge is 2.37. The summed E-state index contributed by atoms with van der Waals surface area (Å²) in [7, 11) is 2.09. The molecule has 0 radical (unpaired) electrons. The predicted molar refractivity (Wildman–Crippen MR) is 123 cm³/mol. The fraction of sp³-hybridized carbons (Fsp3) is 0.179. The van der Waals surface area contributed by atoms with Crippen LogP contribution in [0.5, 0.6) is 0 Å². The molecule has 0 atom stereocenters. The van der Waals surface area contributed by atoms with Crippen molar-refractivity contribution in [3.63, 3.8) is 0 Å². The molecule has 0 bridgehead atoms. The van der Waals surface area contributed by atoms with Crippen molar-refractivity contribution in [2.75, 3.05) is 0 Å². The van der Waals surface area contributed by atoms with Crippen molar-refractivity contribution in [1.29, 1.82) is 0 Å². The second kappa shape index (κ2) is 5.82. The zero-order valence-corrected chi connectivity index (χ0v) is 17.8. The second-order valence-corrected chi connectivity index (χ2v) is 8.96. The van der Waals surface area contributed by atoms with Crippen LogP contribution in [0.1, 0.15) is 30.5 Å². The first kappa shape index (κ1) is 17.5. The molecule has 1 aliphatic rings. The minimum absolute atomic E-state index is 0.0108. The number of aromatic nitrogens is 1. The zero-order chi connectivity index (χ0) is 20.6. The molecule has 0 spiro atoms. The summed E-state index contributed by atoms with van der Waals surface area (Å²) in [6.45, 7) is 6.81. The Morgan fingerprint density at radius 3 is 2.43 bits per heavy atom. The summed E-state index contributed by atoms with van der Waals surface area (Å²) in [5, 5.41) is 2.43. The Kier molecular flexibility index (Phi) is 3.39. The fourth-order valence-corrected chi connectivity index (χ4v) is 5.32. The highest BCUT2D eigenvalue weighted by atomic mass is 16.3. The Morgan fingerprint density at radius 2 is 1.60 bits per heavy atom. The molecule has 5 aromatic rings. The van der Waals surface area contributed by atoms with Crippen LogP contribution in [0.25, 0.3) is 44.3 Å². The quantitative estimate of drug-likeness (QED) is 0.291. The topological polar surface area (TPSA) is 17.0 Å². The summed E-state index contributed by atoms with van der Waals surface area (Å²) >= 11 is 0. The average molecular weight is 391 g/mol. The van der Waals surface area contributed by atoms with Gasteiger partial charge in [-0.15, -0.1) is 0 Å². The molecule has 2 heteroatoms.